The van der Waals surface area contributed by atoms with Gasteiger partial charge in [0.1, 0.15) is 5.75 Å². The standard InChI is InChI=1S/C19H33N5O8S2.C15H29N5O5S.C8H9NO6S/c1-2-33(26,27)17-19(25)20-3-7-30-9-11-32-12-10-31-8-4-24-16-18(21-22-24)15-23-5-13-34(28,29)14-6-23;16-1-5-23-7-9-25-10-8-24-6-2-20-14-15(17-18-20)13-19-3-11-26(21,22)12-4-19;1-2-16(13,14)5-8(12)15-9-6(10)3-4-7(9)11/h2,16H,1,3-15,17H2,(H,20,25);14H,1-13,16H2;2H,1,3-5H2. The van der Waals surface area contributed by atoms with Crippen molar-refractivity contribution in [3.8, 4) is 0 Å². The summed E-state index contributed by atoms with van der Waals surface area (Å²) in [5.41, 5.74) is 6.94. The van der Waals surface area contributed by atoms with Crippen LogP contribution in [0.5, 0.6) is 0 Å². The highest BCUT2D eigenvalue weighted by atomic mass is 32.2. The van der Waals surface area contributed by atoms with Crippen LogP contribution in [0.15, 0.2) is 36.4 Å². The number of ether oxygens (including phenoxy) is 6. The summed E-state index contributed by atoms with van der Waals surface area (Å²) >= 11 is 0. The maximum Gasteiger partial charge on any atom is 0.348 e. The van der Waals surface area contributed by atoms with Crippen LogP contribution in [0.1, 0.15) is 24.2 Å². The monoisotopic (exact) mass is 1160 g/mol. The molecule has 3 N–H and O–H groups in total. The molecule has 0 bridgehead atoms. The summed E-state index contributed by atoms with van der Waals surface area (Å²) in [5, 5.41) is 20.5. The quantitative estimate of drug-likeness (QED) is 0.0497. The zero-order valence-electron chi connectivity index (χ0n) is 42.4. The van der Waals surface area contributed by atoms with Gasteiger partial charge in [-0.25, -0.2) is 47.8 Å². The van der Waals surface area contributed by atoms with Gasteiger partial charge < -0.3 is 44.3 Å². The number of nitrogens with two attached hydrogens (primary N) is 1. The molecule has 5 heterocycles. The molecule has 2 aromatic heterocycles. The van der Waals surface area contributed by atoms with Crippen molar-refractivity contribution < 1.29 is 86.1 Å². The summed E-state index contributed by atoms with van der Waals surface area (Å²) in [4.78, 5) is 53.0. The van der Waals surface area contributed by atoms with Crippen molar-refractivity contribution in [1.29, 1.82) is 0 Å². The number of rotatable bonds is 34. The molecule has 432 valence electrons. The molecule has 0 spiro atoms. The molecule has 34 heteroatoms. The first-order valence-electron chi connectivity index (χ1n) is 24.0. The van der Waals surface area contributed by atoms with E-state index >= 15 is 0 Å². The number of amides is 3. The van der Waals surface area contributed by atoms with E-state index in [1.54, 1.807) is 9.36 Å². The van der Waals surface area contributed by atoms with E-state index < -0.39 is 74.5 Å². The molecule has 3 aliphatic rings. The Kier molecular flexibility index (Phi) is 30.1. The topological polar surface area (TPSA) is 379 Å². The van der Waals surface area contributed by atoms with Crippen molar-refractivity contribution in [2.24, 2.45) is 5.73 Å². The minimum Gasteiger partial charge on any atom is -0.378 e. The van der Waals surface area contributed by atoms with Crippen molar-refractivity contribution in [3.63, 3.8) is 0 Å². The average molecular weight is 1160 g/mol. The fourth-order valence-corrected chi connectivity index (χ4v) is 10.0. The summed E-state index contributed by atoms with van der Waals surface area (Å²) in [5.74, 6) is -3.87. The maximum atomic E-state index is 11.5. The molecule has 0 unspecified atom stereocenters. The summed E-state index contributed by atoms with van der Waals surface area (Å²) in [7, 11) is -13.1. The highest BCUT2D eigenvalue weighted by Crippen LogP contribution is 2.13. The van der Waals surface area contributed by atoms with Crippen LogP contribution in [0.4, 0.5) is 0 Å². The van der Waals surface area contributed by atoms with Gasteiger partial charge in [-0.2, -0.15) is 0 Å². The van der Waals surface area contributed by atoms with Crippen LogP contribution in [-0.2, 0) is 118 Å². The van der Waals surface area contributed by atoms with Crippen LogP contribution in [0.25, 0.3) is 0 Å². The molecule has 3 fully saturated rings. The highest BCUT2D eigenvalue weighted by Gasteiger charge is 2.33. The highest BCUT2D eigenvalue weighted by molar-refractivity contribution is 7.95. The second-order valence-electron chi connectivity index (χ2n) is 16.6. The third-order valence-electron chi connectivity index (χ3n) is 10.4. The van der Waals surface area contributed by atoms with Crippen LogP contribution < -0.4 is 11.1 Å². The van der Waals surface area contributed by atoms with Crippen molar-refractivity contribution in [1.82, 2.24) is 50.2 Å². The number of aromatic nitrogens is 6. The largest absolute Gasteiger partial charge is 0.378 e. The molecule has 3 amide bonds. The number of imide groups is 1. The van der Waals surface area contributed by atoms with Crippen molar-refractivity contribution >= 4 is 63.0 Å². The summed E-state index contributed by atoms with van der Waals surface area (Å²) in [6.45, 7) is 16.8. The number of carbonyl (C=O) groups excluding carboxylic acids is 4. The third kappa shape index (κ3) is 29.1. The van der Waals surface area contributed by atoms with Crippen molar-refractivity contribution in [3.05, 3.63) is 47.8 Å². The van der Waals surface area contributed by atoms with E-state index in [-0.39, 0.29) is 49.0 Å². The van der Waals surface area contributed by atoms with Crippen molar-refractivity contribution in [2.45, 2.75) is 39.0 Å². The summed E-state index contributed by atoms with van der Waals surface area (Å²) in [6.07, 6.45) is 3.62. The van der Waals surface area contributed by atoms with Crippen LogP contribution in [0.3, 0.4) is 0 Å². The van der Waals surface area contributed by atoms with E-state index in [2.05, 4.69) is 53.7 Å². The second kappa shape index (κ2) is 34.9. The first kappa shape index (κ1) is 65.6. The fraction of sp³-hybridized carbons (Fsp3) is 0.714. The van der Waals surface area contributed by atoms with E-state index in [9.17, 15) is 52.8 Å². The van der Waals surface area contributed by atoms with Gasteiger partial charge in [0.05, 0.1) is 127 Å². The fourth-order valence-electron chi connectivity index (χ4n) is 6.36. The lowest BCUT2D eigenvalue weighted by molar-refractivity contribution is -0.195. The lowest BCUT2D eigenvalue weighted by Crippen LogP contribution is -2.39. The van der Waals surface area contributed by atoms with Gasteiger partial charge in [-0.05, 0) is 0 Å². The second-order valence-corrected chi connectivity index (χ2v) is 25.1. The molecular weight excluding hydrogens is 1090 g/mol. The number of nitrogens with zero attached hydrogens (tertiary/aromatic N) is 9. The Bertz CT molecular complexity index is 2540. The minimum atomic E-state index is -3.76. The lowest BCUT2D eigenvalue weighted by atomic mass is 10.4. The predicted molar refractivity (Wildman–Crippen MR) is 270 cm³/mol. The lowest BCUT2D eigenvalue weighted by Gasteiger charge is -2.25. The Balaban J connectivity index is 0.000000320. The number of carbonyl (C=O) groups is 4. The molecule has 2 aromatic rings. The van der Waals surface area contributed by atoms with Crippen LogP contribution in [0, 0.1) is 0 Å². The van der Waals surface area contributed by atoms with Gasteiger partial charge in [-0.15, -0.1) is 15.3 Å². The Morgan fingerprint density at radius 2 is 0.987 bits per heavy atom. The zero-order chi connectivity index (χ0) is 55.9. The molecule has 0 aromatic carbocycles. The smallest absolute Gasteiger partial charge is 0.348 e. The summed E-state index contributed by atoms with van der Waals surface area (Å²) in [6, 6.07) is 0. The van der Waals surface area contributed by atoms with E-state index in [1.807, 2.05) is 12.4 Å². The average Bonchev–Trinajstić information content (AvgIpc) is 4.11. The van der Waals surface area contributed by atoms with E-state index in [0.29, 0.717) is 142 Å². The normalized spacial score (nSPS) is 16.8. The Morgan fingerprint density at radius 1 is 0.605 bits per heavy atom. The number of sulfone groups is 4. The van der Waals surface area contributed by atoms with Gasteiger partial charge in [0.2, 0.25) is 5.91 Å². The molecule has 3 aliphatic heterocycles. The Hall–Kier alpha value is -4.72. The van der Waals surface area contributed by atoms with Gasteiger partial charge in [0.25, 0.3) is 11.8 Å². The molecule has 3 saturated heterocycles. The van der Waals surface area contributed by atoms with E-state index in [4.69, 9.17) is 34.2 Å². The van der Waals surface area contributed by atoms with Gasteiger partial charge in [0.15, 0.2) is 45.1 Å². The maximum absolute atomic E-state index is 11.5. The molecule has 0 saturated carbocycles. The molecule has 0 atom stereocenters. The van der Waals surface area contributed by atoms with Gasteiger partial charge >= 0.3 is 5.97 Å². The first-order chi connectivity index (χ1) is 36.1. The molecule has 0 aliphatic carbocycles. The van der Waals surface area contributed by atoms with Crippen LogP contribution in [0.2, 0.25) is 0 Å². The van der Waals surface area contributed by atoms with Gasteiger partial charge in [-0.3, -0.25) is 24.2 Å². The third-order valence-corrected chi connectivity index (χ3v) is 16.0. The SMILES string of the molecule is C=CS(=O)(=O)CC(=O)NCCOCCOCCOCCn1cc(CN2CCS(=O)(=O)CC2)nn1.C=CS(=O)(=O)CC(=O)ON1C(=O)CCC1=O.NCCOCCOCCOCCn1cc(CN2CCS(=O)(=O)CC2)nn1. The van der Waals surface area contributed by atoms with E-state index in [1.165, 1.54) is 0 Å². The predicted octanol–water partition coefficient (Wildman–Crippen LogP) is -4.10. The molecular formula is C42H71N11O19S4. The van der Waals surface area contributed by atoms with Crippen molar-refractivity contribution in [2.75, 3.05) is 153 Å². The Labute approximate surface area is 443 Å². The number of hydrogen-bond donors (Lipinski definition) is 2. The van der Waals surface area contributed by atoms with Gasteiger partial charge in [-0.1, -0.05) is 23.6 Å². The molecule has 76 heavy (non-hydrogen) atoms. The zero-order valence-corrected chi connectivity index (χ0v) is 45.7. The van der Waals surface area contributed by atoms with Gasteiger partial charge in [0, 0.05) is 88.4 Å². The molecule has 30 nitrogen and oxygen atoms in total. The molecule has 0 radical (unpaired) electrons. The summed E-state index contributed by atoms with van der Waals surface area (Å²) < 4.78 is 126. The Morgan fingerprint density at radius 3 is 1.39 bits per heavy atom. The van der Waals surface area contributed by atoms with Crippen LogP contribution in [-0.4, -0.2) is 255 Å². The van der Waals surface area contributed by atoms with Crippen LogP contribution >= 0.6 is 0 Å². The number of hydrogen-bond acceptors (Lipinski definition) is 26. The minimum absolute atomic E-state index is 0.0413. The van der Waals surface area contributed by atoms with E-state index in [0.717, 1.165) is 16.8 Å². The molecule has 5 rings (SSSR count). The number of hydroxylamine groups is 2. The number of nitrogens with one attached hydrogen (secondary N) is 1. The first-order valence-corrected chi connectivity index (χ1v) is 31.0.